The average molecular weight is 449 g/mol. The van der Waals surface area contributed by atoms with Crippen LogP contribution in [0.25, 0.3) is 55.4 Å². The van der Waals surface area contributed by atoms with Gasteiger partial charge in [-0.25, -0.2) is 0 Å². The van der Waals surface area contributed by atoms with Gasteiger partial charge in [-0.05, 0) is 47.5 Å². The molecule has 35 heavy (non-hydrogen) atoms. The topological polar surface area (TPSA) is 9.86 Å². The van der Waals surface area contributed by atoms with E-state index in [9.17, 15) is 0 Å². The summed E-state index contributed by atoms with van der Waals surface area (Å²) < 4.78 is 4.85. The molecule has 2 heteroatoms. The lowest BCUT2D eigenvalue weighted by Crippen LogP contribution is -1.99. The fourth-order valence-corrected chi connectivity index (χ4v) is 5.48. The molecule has 2 aromatic heterocycles. The standard InChI is InChI=1S/C33H24N2/c1-2-23-16-18-24(19-17-23)22-34-30-14-8-6-12-26(30)28-21-33-29(20-32(28)34)27-13-7-9-15-31(27)35(33)25-10-4-3-5-11-25/h2-21H,1,22H2. The van der Waals surface area contributed by atoms with E-state index in [4.69, 9.17) is 0 Å². The molecule has 0 radical (unpaired) electrons. The predicted molar refractivity (Wildman–Crippen MR) is 149 cm³/mol. The molecule has 0 saturated carbocycles. The van der Waals surface area contributed by atoms with Gasteiger partial charge in [-0.2, -0.15) is 0 Å². The van der Waals surface area contributed by atoms with Crippen LogP contribution in [0.2, 0.25) is 0 Å². The minimum Gasteiger partial charge on any atom is -0.336 e. The first-order valence-corrected chi connectivity index (χ1v) is 12.0. The molecule has 2 heterocycles. The molecule has 2 nitrogen and oxygen atoms in total. The summed E-state index contributed by atoms with van der Waals surface area (Å²) >= 11 is 0. The van der Waals surface area contributed by atoms with Gasteiger partial charge in [0.25, 0.3) is 0 Å². The van der Waals surface area contributed by atoms with E-state index < -0.39 is 0 Å². The van der Waals surface area contributed by atoms with Crippen LogP contribution in [0.4, 0.5) is 0 Å². The summed E-state index contributed by atoms with van der Waals surface area (Å²) in [4.78, 5) is 0. The smallest absolute Gasteiger partial charge is 0.0548 e. The molecule has 0 aliphatic carbocycles. The van der Waals surface area contributed by atoms with Crippen LogP contribution in [0.3, 0.4) is 0 Å². The minimum absolute atomic E-state index is 0.824. The quantitative estimate of drug-likeness (QED) is 0.255. The third kappa shape index (κ3) is 3.04. The molecule has 0 spiro atoms. The van der Waals surface area contributed by atoms with Crippen molar-refractivity contribution >= 4 is 49.7 Å². The summed E-state index contributed by atoms with van der Waals surface area (Å²) in [5.41, 5.74) is 8.61. The zero-order valence-electron chi connectivity index (χ0n) is 19.4. The maximum atomic E-state index is 3.89. The highest BCUT2D eigenvalue weighted by molar-refractivity contribution is 6.18. The van der Waals surface area contributed by atoms with Gasteiger partial charge in [-0.15, -0.1) is 0 Å². The fraction of sp³-hybridized carbons (Fsp3) is 0.0303. The molecule has 0 aliphatic rings. The van der Waals surface area contributed by atoms with Crippen LogP contribution in [0, 0.1) is 0 Å². The summed E-state index contributed by atoms with van der Waals surface area (Å²) in [5, 5.41) is 5.14. The third-order valence-corrected chi connectivity index (χ3v) is 7.14. The lowest BCUT2D eigenvalue weighted by atomic mass is 10.1. The highest BCUT2D eigenvalue weighted by Crippen LogP contribution is 2.38. The molecule has 7 aromatic rings. The molecule has 0 saturated heterocycles. The Morgan fingerprint density at radius 3 is 1.89 bits per heavy atom. The second-order valence-corrected chi connectivity index (χ2v) is 9.12. The van der Waals surface area contributed by atoms with Crippen LogP contribution < -0.4 is 0 Å². The molecule has 166 valence electrons. The molecule has 0 aliphatic heterocycles. The maximum Gasteiger partial charge on any atom is 0.0548 e. The maximum absolute atomic E-state index is 3.89. The van der Waals surface area contributed by atoms with Crippen molar-refractivity contribution in [1.82, 2.24) is 9.13 Å². The van der Waals surface area contributed by atoms with E-state index >= 15 is 0 Å². The number of rotatable bonds is 4. The summed E-state index contributed by atoms with van der Waals surface area (Å²) in [6.45, 7) is 4.71. The molecule has 0 N–H and O–H groups in total. The molecule has 0 atom stereocenters. The zero-order chi connectivity index (χ0) is 23.4. The molecule has 0 bridgehead atoms. The normalized spacial score (nSPS) is 11.7. The number of hydrogen-bond acceptors (Lipinski definition) is 0. The van der Waals surface area contributed by atoms with Crippen molar-refractivity contribution in [3.05, 3.63) is 133 Å². The molecular formula is C33H24N2. The highest BCUT2D eigenvalue weighted by Gasteiger charge is 2.17. The second kappa shape index (κ2) is 7.75. The Bertz CT molecular complexity index is 1870. The average Bonchev–Trinajstić information content (AvgIpc) is 3.41. The summed E-state index contributed by atoms with van der Waals surface area (Å²) in [6, 6.07) is 41.6. The minimum atomic E-state index is 0.824. The van der Waals surface area contributed by atoms with E-state index in [-0.39, 0.29) is 0 Å². The molecular weight excluding hydrogens is 424 g/mol. The molecule has 5 aromatic carbocycles. The van der Waals surface area contributed by atoms with Gasteiger partial charge < -0.3 is 9.13 Å². The van der Waals surface area contributed by atoms with Crippen LogP contribution >= 0.6 is 0 Å². The van der Waals surface area contributed by atoms with Crippen LogP contribution in [-0.2, 0) is 6.54 Å². The Morgan fingerprint density at radius 2 is 1.14 bits per heavy atom. The van der Waals surface area contributed by atoms with Crippen LogP contribution in [0.15, 0.2) is 122 Å². The first-order valence-electron chi connectivity index (χ1n) is 12.0. The highest BCUT2D eigenvalue weighted by atomic mass is 15.0. The first-order chi connectivity index (χ1) is 17.3. The number of aromatic nitrogens is 2. The van der Waals surface area contributed by atoms with Gasteiger partial charge in [0, 0.05) is 39.3 Å². The fourth-order valence-electron chi connectivity index (χ4n) is 5.48. The van der Waals surface area contributed by atoms with Crippen molar-refractivity contribution in [2.24, 2.45) is 0 Å². The van der Waals surface area contributed by atoms with Crippen LogP contribution in [0.1, 0.15) is 11.1 Å². The number of benzene rings is 5. The van der Waals surface area contributed by atoms with Gasteiger partial charge >= 0.3 is 0 Å². The monoisotopic (exact) mass is 448 g/mol. The summed E-state index contributed by atoms with van der Waals surface area (Å²) in [7, 11) is 0. The largest absolute Gasteiger partial charge is 0.336 e. The van der Waals surface area contributed by atoms with Crippen molar-refractivity contribution in [3.8, 4) is 5.69 Å². The van der Waals surface area contributed by atoms with Gasteiger partial charge in [0.2, 0.25) is 0 Å². The lowest BCUT2D eigenvalue weighted by molar-refractivity contribution is 0.869. The number of hydrogen-bond donors (Lipinski definition) is 0. The van der Waals surface area contributed by atoms with Crippen LogP contribution in [-0.4, -0.2) is 9.13 Å². The zero-order valence-corrected chi connectivity index (χ0v) is 19.4. The number of fused-ring (bicyclic) bond motifs is 6. The Kier molecular flexibility index (Phi) is 4.40. The van der Waals surface area contributed by atoms with Gasteiger partial charge in [0.1, 0.15) is 0 Å². The Balaban J connectivity index is 1.56. The second-order valence-electron chi connectivity index (χ2n) is 9.12. The van der Waals surface area contributed by atoms with Crippen molar-refractivity contribution in [1.29, 1.82) is 0 Å². The van der Waals surface area contributed by atoms with E-state index in [0.29, 0.717) is 0 Å². The Hall–Kier alpha value is -4.56. The van der Waals surface area contributed by atoms with Crippen molar-refractivity contribution in [2.45, 2.75) is 6.54 Å². The van der Waals surface area contributed by atoms with Gasteiger partial charge in [0.05, 0.1) is 16.6 Å². The summed E-state index contributed by atoms with van der Waals surface area (Å²) in [6.07, 6.45) is 1.89. The van der Waals surface area contributed by atoms with Gasteiger partial charge in [-0.3, -0.25) is 0 Å². The molecule has 0 unspecified atom stereocenters. The van der Waals surface area contributed by atoms with E-state index in [2.05, 4.69) is 131 Å². The van der Waals surface area contributed by atoms with E-state index in [1.165, 1.54) is 54.9 Å². The Labute approximate surface area is 204 Å². The van der Waals surface area contributed by atoms with Crippen molar-refractivity contribution in [3.63, 3.8) is 0 Å². The lowest BCUT2D eigenvalue weighted by Gasteiger charge is -2.09. The van der Waals surface area contributed by atoms with Crippen LogP contribution in [0.5, 0.6) is 0 Å². The van der Waals surface area contributed by atoms with Gasteiger partial charge in [0.15, 0.2) is 0 Å². The predicted octanol–water partition coefficient (Wildman–Crippen LogP) is 8.58. The SMILES string of the molecule is C=Cc1ccc(Cn2c3ccccc3c3cc4c(cc32)c2ccccc2n4-c2ccccc2)cc1. The van der Waals surface area contributed by atoms with E-state index in [1.807, 2.05) is 6.08 Å². The van der Waals surface area contributed by atoms with Crippen molar-refractivity contribution < 1.29 is 0 Å². The Morgan fingerprint density at radius 1 is 0.543 bits per heavy atom. The van der Waals surface area contributed by atoms with E-state index in [1.54, 1.807) is 0 Å². The summed E-state index contributed by atoms with van der Waals surface area (Å²) in [5.74, 6) is 0. The van der Waals surface area contributed by atoms with E-state index in [0.717, 1.165) is 12.1 Å². The first kappa shape index (κ1) is 19.9. The van der Waals surface area contributed by atoms with Gasteiger partial charge in [-0.1, -0.05) is 91.5 Å². The molecule has 0 amide bonds. The van der Waals surface area contributed by atoms with Crippen molar-refractivity contribution in [2.75, 3.05) is 0 Å². The molecule has 0 fully saturated rings. The number of nitrogens with zero attached hydrogens (tertiary/aromatic N) is 2. The number of para-hydroxylation sites is 3. The molecule has 7 rings (SSSR count). The third-order valence-electron chi connectivity index (χ3n) is 7.14.